The monoisotopic (exact) mass is 419 g/mol. The highest BCUT2D eigenvalue weighted by molar-refractivity contribution is 5.78. The number of rotatable bonds is 7. The van der Waals surface area contributed by atoms with Crippen molar-refractivity contribution in [2.24, 2.45) is 11.8 Å². The molecule has 4 nitrogen and oxygen atoms in total. The second-order valence-electron chi connectivity index (χ2n) is 9.53. The van der Waals surface area contributed by atoms with Gasteiger partial charge in [0, 0.05) is 25.6 Å². The normalized spacial score (nSPS) is 19.4. The van der Waals surface area contributed by atoms with Gasteiger partial charge in [0.05, 0.1) is 0 Å². The lowest BCUT2D eigenvalue weighted by atomic mass is 9.95. The molecule has 0 aliphatic carbocycles. The minimum Gasteiger partial charge on any atom is -0.352 e. The molecular formula is C27H37N3O. The second-order valence-corrected chi connectivity index (χ2v) is 9.53. The summed E-state index contributed by atoms with van der Waals surface area (Å²) in [5.41, 5.74) is 3.91. The molecule has 2 fully saturated rings. The Kier molecular flexibility index (Phi) is 7.76. The number of nitrogens with zero attached hydrogens (tertiary/aromatic N) is 2. The van der Waals surface area contributed by atoms with Crippen LogP contribution in [0.2, 0.25) is 0 Å². The van der Waals surface area contributed by atoms with E-state index < -0.39 is 0 Å². The highest BCUT2D eigenvalue weighted by atomic mass is 16.1. The van der Waals surface area contributed by atoms with Gasteiger partial charge < -0.3 is 5.32 Å². The van der Waals surface area contributed by atoms with E-state index in [1.54, 1.807) is 0 Å². The molecule has 1 N–H and O–H groups in total. The quantitative estimate of drug-likeness (QED) is 0.720. The molecule has 0 unspecified atom stereocenters. The zero-order valence-corrected chi connectivity index (χ0v) is 18.9. The molecule has 0 atom stereocenters. The fourth-order valence-corrected chi connectivity index (χ4v) is 4.84. The average molecular weight is 420 g/mol. The van der Waals surface area contributed by atoms with Crippen molar-refractivity contribution in [3.63, 3.8) is 0 Å². The first-order valence-electron chi connectivity index (χ1n) is 12.0. The third-order valence-corrected chi connectivity index (χ3v) is 6.95. The van der Waals surface area contributed by atoms with Crippen molar-refractivity contribution in [2.75, 3.05) is 26.2 Å². The van der Waals surface area contributed by atoms with E-state index in [2.05, 4.69) is 76.6 Å². The first-order valence-corrected chi connectivity index (χ1v) is 12.0. The summed E-state index contributed by atoms with van der Waals surface area (Å²) in [6, 6.07) is 19.3. The molecule has 0 radical (unpaired) electrons. The topological polar surface area (TPSA) is 35.6 Å². The molecule has 31 heavy (non-hydrogen) atoms. The lowest BCUT2D eigenvalue weighted by molar-refractivity contribution is -0.126. The van der Waals surface area contributed by atoms with Crippen LogP contribution in [0.4, 0.5) is 0 Å². The maximum atomic E-state index is 12.7. The average Bonchev–Trinajstić information content (AvgIpc) is 2.80. The third kappa shape index (κ3) is 6.65. The van der Waals surface area contributed by atoms with Crippen molar-refractivity contribution in [1.29, 1.82) is 0 Å². The summed E-state index contributed by atoms with van der Waals surface area (Å²) in [6.45, 7) is 9.39. The van der Waals surface area contributed by atoms with Crippen molar-refractivity contribution in [1.82, 2.24) is 15.1 Å². The number of hydrogen-bond donors (Lipinski definition) is 1. The predicted octanol–water partition coefficient (Wildman–Crippen LogP) is 4.45. The maximum Gasteiger partial charge on any atom is 0.223 e. The highest BCUT2D eigenvalue weighted by Crippen LogP contribution is 2.20. The molecule has 4 heteroatoms. The summed E-state index contributed by atoms with van der Waals surface area (Å²) >= 11 is 0. The van der Waals surface area contributed by atoms with Crippen molar-refractivity contribution in [3.8, 4) is 0 Å². The maximum absolute atomic E-state index is 12.7. The number of likely N-dealkylation sites (tertiary alicyclic amines) is 2. The number of carbonyl (C=O) groups excluding carboxylic acids is 1. The highest BCUT2D eigenvalue weighted by Gasteiger charge is 2.24. The zero-order chi connectivity index (χ0) is 21.5. The van der Waals surface area contributed by atoms with Crippen LogP contribution in [0.15, 0.2) is 54.6 Å². The summed E-state index contributed by atoms with van der Waals surface area (Å²) in [5, 5.41) is 3.20. The van der Waals surface area contributed by atoms with Crippen LogP contribution in [-0.4, -0.2) is 41.9 Å². The minimum absolute atomic E-state index is 0.144. The molecule has 2 heterocycles. The van der Waals surface area contributed by atoms with Crippen LogP contribution in [-0.2, 0) is 24.4 Å². The van der Waals surface area contributed by atoms with Gasteiger partial charge in [-0.2, -0.15) is 0 Å². The fraction of sp³-hybridized carbons (Fsp3) is 0.519. The summed E-state index contributed by atoms with van der Waals surface area (Å²) in [6.07, 6.45) is 4.51. The molecule has 2 aliphatic heterocycles. The first kappa shape index (κ1) is 22.0. The Balaban J connectivity index is 1.20. The van der Waals surface area contributed by atoms with E-state index in [0.717, 1.165) is 44.9 Å². The molecule has 2 aliphatic rings. The van der Waals surface area contributed by atoms with E-state index in [0.29, 0.717) is 6.54 Å². The molecule has 4 rings (SSSR count). The second kappa shape index (κ2) is 10.9. The minimum atomic E-state index is 0.144. The number of carbonyl (C=O) groups is 1. The van der Waals surface area contributed by atoms with E-state index in [-0.39, 0.29) is 11.8 Å². The molecule has 166 valence electrons. The van der Waals surface area contributed by atoms with Gasteiger partial charge in [-0.15, -0.1) is 0 Å². The Morgan fingerprint density at radius 3 is 2.10 bits per heavy atom. The molecular weight excluding hydrogens is 382 g/mol. The van der Waals surface area contributed by atoms with Gasteiger partial charge in [-0.1, -0.05) is 61.5 Å². The Morgan fingerprint density at radius 1 is 0.806 bits per heavy atom. The van der Waals surface area contributed by atoms with Crippen LogP contribution in [0.3, 0.4) is 0 Å². The Bertz CT molecular complexity index is 821. The van der Waals surface area contributed by atoms with Crippen LogP contribution >= 0.6 is 0 Å². The largest absolute Gasteiger partial charge is 0.352 e. The summed E-state index contributed by atoms with van der Waals surface area (Å²) < 4.78 is 0. The van der Waals surface area contributed by atoms with Crippen molar-refractivity contribution >= 4 is 5.91 Å². The van der Waals surface area contributed by atoms with Crippen LogP contribution in [0, 0.1) is 11.8 Å². The molecule has 2 aromatic carbocycles. The van der Waals surface area contributed by atoms with Gasteiger partial charge in [-0.05, 0) is 74.5 Å². The Hall–Kier alpha value is -2.17. The van der Waals surface area contributed by atoms with Crippen molar-refractivity contribution in [3.05, 3.63) is 71.3 Å². The van der Waals surface area contributed by atoms with Gasteiger partial charge in [0.25, 0.3) is 0 Å². The number of hydrogen-bond acceptors (Lipinski definition) is 3. The van der Waals surface area contributed by atoms with E-state index >= 15 is 0 Å². The van der Waals surface area contributed by atoms with Gasteiger partial charge in [-0.25, -0.2) is 0 Å². The number of amides is 1. The number of piperidine rings is 2. The van der Waals surface area contributed by atoms with E-state index in [1.807, 2.05) is 0 Å². The van der Waals surface area contributed by atoms with Crippen LogP contribution in [0.1, 0.15) is 49.3 Å². The molecule has 0 saturated carbocycles. The standard InChI is InChI=1S/C27H37N3O/c1-22-10-14-29(15-11-22)21-25-9-5-8-24(18-25)19-28-27(31)26-12-16-30(17-13-26)20-23-6-3-2-4-7-23/h2-9,18,22,26H,10-17,19-21H2,1H3,(H,28,31). The zero-order valence-electron chi connectivity index (χ0n) is 18.9. The summed E-state index contributed by atoms with van der Waals surface area (Å²) in [7, 11) is 0. The van der Waals surface area contributed by atoms with E-state index in [4.69, 9.17) is 0 Å². The summed E-state index contributed by atoms with van der Waals surface area (Å²) in [4.78, 5) is 17.7. The molecule has 2 saturated heterocycles. The van der Waals surface area contributed by atoms with Crippen molar-refractivity contribution < 1.29 is 4.79 Å². The first-order chi connectivity index (χ1) is 15.2. The Morgan fingerprint density at radius 2 is 1.39 bits per heavy atom. The van der Waals surface area contributed by atoms with Crippen LogP contribution in [0.25, 0.3) is 0 Å². The van der Waals surface area contributed by atoms with Crippen molar-refractivity contribution in [2.45, 2.75) is 52.2 Å². The van der Waals surface area contributed by atoms with Gasteiger partial charge in [0.2, 0.25) is 5.91 Å². The van der Waals surface area contributed by atoms with Crippen LogP contribution < -0.4 is 5.32 Å². The van der Waals surface area contributed by atoms with Gasteiger partial charge >= 0.3 is 0 Å². The molecule has 1 amide bonds. The molecule has 0 aromatic heterocycles. The SMILES string of the molecule is CC1CCN(Cc2cccc(CNC(=O)C3CCN(Cc4ccccc4)CC3)c2)CC1. The van der Waals surface area contributed by atoms with Gasteiger partial charge in [0.1, 0.15) is 0 Å². The van der Waals surface area contributed by atoms with Crippen LogP contribution in [0.5, 0.6) is 0 Å². The van der Waals surface area contributed by atoms with E-state index in [9.17, 15) is 4.79 Å². The third-order valence-electron chi connectivity index (χ3n) is 6.95. The summed E-state index contributed by atoms with van der Waals surface area (Å²) in [5.74, 6) is 1.23. The molecule has 2 aromatic rings. The number of benzene rings is 2. The lowest BCUT2D eigenvalue weighted by Gasteiger charge is -2.31. The number of nitrogens with one attached hydrogen (secondary N) is 1. The van der Waals surface area contributed by atoms with Gasteiger partial charge in [0.15, 0.2) is 0 Å². The fourth-order valence-electron chi connectivity index (χ4n) is 4.84. The Labute approximate surface area is 187 Å². The molecule has 0 spiro atoms. The van der Waals surface area contributed by atoms with Gasteiger partial charge in [-0.3, -0.25) is 14.6 Å². The smallest absolute Gasteiger partial charge is 0.223 e. The van der Waals surface area contributed by atoms with E-state index in [1.165, 1.54) is 42.6 Å². The lowest BCUT2D eigenvalue weighted by Crippen LogP contribution is -2.40. The predicted molar refractivity (Wildman–Crippen MR) is 126 cm³/mol. The molecule has 0 bridgehead atoms.